The molecule has 1 aromatic carbocycles. The lowest BCUT2D eigenvalue weighted by Crippen LogP contribution is -2.47. The molecule has 0 bridgehead atoms. The molecular weight excluding hydrogens is 378 g/mol. The quantitative estimate of drug-likeness (QED) is 0.734. The molecule has 2 aliphatic heterocycles. The number of nitrogens with zero attached hydrogens (tertiary/aromatic N) is 2. The molecule has 8 heteroatoms. The van der Waals surface area contributed by atoms with Crippen LogP contribution in [0.3, 0.4) is 0 Å². The Balaban J connectivity index is 1.75. The van der Waals surface area contributed by atoms with Crippen LogP contribution in [0.25, 0.3) is 0 Å². The minimum atomic E-state index is -3.68. The van der Waals surface area contributed by atoms with Crippen LogP contribution in [-0.4, -0.2) is 75.5 Å². The molecule has 7 nitrogen and oxygen atoms in total. The summed E-state index contributed by atoms with van der Waals surface area (Å²) in [6.07, 6.45) is 1.89. The molecule has 28 heavy (non-hydrogen) atoms. The lowest BCUT2D eigenvalue weighted by Gasteiger charge is -2.29. The van der Waals surface area contributed by atoms with Crippen LogP contribution >= 0.6 is 0 Å². The van der Waals surface area contributed by atoms with Gasteiger partial charge in [-0.3, -0.25) is 4.79 Å². The third-order valence-corrected chi connectivity index (χ3v) is 7.45. The first-order valence-corrected chi connectivity index (χ1v) is 11.5. The molecule has 2 heterocycles. The van der Waals surface area contributed by atoms with E-state index in [0.29, 0.717) is 26.2 Å². The monoisotopic (exact) mass is 409 g/mol. The van der Waals surface area contributed by atoms with E-state index in [1.165, 1.54) is 4.31 Å². The van der Waals surface area contributed by atoms with Crippen molar-refractivity contribution < 1.29 is 17.9 Å². The van der Waals surface area contributed by atoms with Crippen LogP contribution in [-0.2, 0) is 19.6 Å². The van der Waals surface area contributed by atoms with E-state index < -0.39 is 10.0 Å². The number of nitrogens with one attached hydrogen (secondary N) is 1. The number of carbonyl (C=O) groups excluding carboxylic acids is 1. The highest BCUT2D eigenvalue weighted by Crippen LogP contribution is 2.22. The molecule has 0 spiro atoms. The average Bonchev–Trinajstić information content (AvgIpc) is 3.20. The Morgan fingerprint density at radius 3 is 2.64 bits per heavy atom. The van der Waals surface area contributed by atoms with Gasteiger partial charge in [0.1, 0.15) is 0 Å². The highest BCUT2D eigenvalue weighted by Gasteiger charge is 2.30. The molecule has 2 saturated heterocycles. The Hall–Kier alpha value is -1.48. The molecule has 2 aliphatic rings. The molecule has 1 atom stereocenters. The lowest BCUT2D eigenvalue weighted by molar-refractivity contribution is -0.131. The Labute approximate surface area is 168 Å². The van der Waals surface area contributed by atoms with Gasteiger partial charge in [0.25, 0.3) is 0 Å². The minimum absolute atomic E-state index is 0.00845. The molecule has 3 rings (SSSR count). The summed E-state index contributed by atoms with van der Waals surface area (Å²) >= 11 is 0. The number of hydrogen-bond acceptors (Lipinski definition) is 5. The summed E-state index contributed by atoms with van der Waals surface area (Å²) in [4.78, 5) is 14.6. The zero-order valence-corrected chi connectivity index (χ0v) is 17.6. The fourth-order valence-electron chi connectivity index (χ4n) is 3.64. The average molecular weight is 410 g/mol. The predicted molar refractivity (Wildman–Crippen MR) is 108 cm³/mol. The number of carbonyl (C=O) groups is 1. The maximum absolute atomic E-state index is 13.3. The molecule has 1 aromatic rings. The Morgan fingerprint density at radius 1 is 1.25 bits per heavy atom. The number of benzene rings is 1. The van der Waals surface area contributed by atoms with Crippen molar-refractivity contribution >= 4 is 15.9 Å². The maximum atomic E-state index is 13.3. The van der Waals surface area contributed by atoms with E-state index in [9.17, 15) is 13.2 Å². The first-order valence-electron chi connectivity index (χ1n) is 10.1. The Kier molecular flexibility index (Phi) is 7.09. The van der Waals surface area contributed by atoms with Crippen LogP contribution in [0.1, 0.15) is 30.4 Å². The smallest absolute Gasteiger partial charge is 0.243 e. The minimum Gasteiger partial charge on any atom is -0.377 e. The van der Waals surface area contributed by atoms with Crippen LogP contribution in [0.5, 0.6) is 0 Å². The lowest BCUT2D eigenvalue weighted by atomic mass is 10.1. The van der Waals surface area contributed by atoms with Gasteiger partial charge in [-0.1, -0.05) is 6.07 Å². The van der Waals surface area contributed by atoms with Gasteiger partial charge in [-0.25, -0.2) is 8.42 Å². The molecular formula is C20H31N3O4S. The van der Waals surface area contributed by atoms with Crippen molar-refractivity contribution in [2.75, 3.05) is 45.9 Å². The number of rotatable bonds is 7. The summed E-state index contributed by atoms with van der Waals surface area (Å²) < 4.78 is 33.7. The van der Waals surface area contributed by atoms with Gasteiger partial charge < -0.3 is 15.0 Å². The van der Waals surface area contributed by atoms with Crippen molar-refractivity contribution in [3.8, 4) is 0 Å². The topological polar surface area (TPSA) is 79.0 Å². The number of amides is 1. The second-order valence-corrected chi connectivity index (χ2v) is 9.56. The second-order valence-electron chi connectivity index (χ2n) is 7.62. The summed E-state index contributed by atoms with van der Waals surface area (Å²) in [6.45, 7) is 7.93. The standard InChI is InChI=1S/C20H31N3O4S/c1-16-5-6-19(14-17(16)2)28(25,26)23(15-18-4-3-13-27-18)10-7-20(24)22-11-8-21-9-12-22/h5-6,14,18,21H,3-4,7-13,15H2,1-2H3/t18-/m1/s1. The Morgan fingerprint density at radius 2 is 2.00 bits per heavy atom. The highest BCUT2D eigenvalue weighted by atomic mass is 32.2. The number of piperazine rings is 1. The van der Waals surface area contributed by atoms with Crippen LogP contribution in [0.15, 0.2) is 23.1 Å². The van der Waals surface area contributed by atoms with Crippen molar-refractivity contribution in [1.29, 1.82) is 0 Å². The van der Waals surface area contributed by atoms with E-state index in [4.69, 9.17) is 4.74 Å². The molecule has 2 fully saturated rings. The van der Waals surface area contributed by atoms with Gasteiger partial charge in [-0.2, -0.15) is 4.31 Å². The molecule has 0 radical (unpaired) electrons. The molecule has 1 N–H and O–H groups in total. The number of ether oxygens (including phenoxy) is 1. The van der Waals surface area contributed by atoms with Gasteiger partial charge in [0, 0.05) is 52.3 Å². The van der Waals surface area contributed by atoms with Gasteiger partial charge in [0.2, 0.25) is 15.9 Å². The van der Waals surface area contributed by atoms with E-state index in [1.54, 1.807) is 12.1 Å². The number of hydrogen-bond donors (Lipinski definition) is 1. The van der Waals surface area contributed by atoms with E-state index in [1.807, 2.05) is 24.8 Å². The van der Waals surface area contributed by atoms with Crippen LogP contribution in [0.4, 0.5) is 0 Å². The first kappa shape index (κ1) is 21.2. The Bertz CT molecular complexity index is 785. The van der Waals surface area contributed by atoms with E-state index in [-0.39, 0.29) is 29.9 Å². The van der Waals surface area contributed by atoms with Gasteiger partial charge >= 0.3 is 0 Å². The predicted octanol–water partition coefficient (Wildman–Crippen LogP) is 1.30. The largest absolute Gasteiger partial charge is 0.377 e. The summed E-state index contributed by atoms with van der Waals surface area (Å²) in [5, 5.41) is 3.22. The third kappa shape index (κ3) is 5.11. The van der Waals surface area contributed by atoms with Crippen LogP contribution < -0.4 is 5.32 Å². The number of aryl methyl sites for hydroxylation is 2. The summed E-state index contributed by atoms with van der Waals surface area (Å²) in [7, 11) is -3.68. The van der Waals surface area contributed by atoms with Crippen molar-refractivity contribution in [3.05, 3.63) is 29.3 Å². The van der Waals surface area contributed by atoms with Crippen LogP contribution in [0.2, 0.25) is 0 Å². The van der Waals surface area contributed by atoms with Crippen molar-refractivity contribution in [1.82, 2.24) is 14.5 Å². The fourth-order valence-corrected chi connectivity index (χ4v) is 5.20. The van der Waals surface area contributed by atoms with Gasteiger partial charge in [-0.15, -0.1) is 0 Å². The highest BCUT2D eigenvalue weighted by molar-refractivity contribution is 7.89. The summed E-state index contributed by atoms with van der Waals surface area (Å²) in [5.41, 5.74) is 1.99. The van der Waals surface area contributed by atoms with Gasteiger partial charge in [0.15, 0.2) is 0 Å². The first-order chi connectivity index (χ1) is 13.4. The molecule has 1 amide bonds. The maximum Gasteiger partial charge on any atom is 0.243 e. The normalized spacial score (nSPS) is 20.7. The SMILES string of the molecule is Cc1ccc(S(=O)(=O)N(CCC(=O)N2CCNCC2)C[C@H]2CCCO2)cc1C. The molecule has 0 saturated carbocycles. The number of sulfonamides is 1. The van der Waals surface area contributed by atoms with E-state index >= 15 is 0 Å². The molecule has 0 aromatic heterocycles. The summed E-state index contributed by atoms with van der Waals surface area (Å²) in [5.74, 6) is 0.00845. The zero-order valence-electron chi connectivity index (χ0n) is 16.8. The fraction of sp³-hybridized carbons (Fsp3) is 0.650. The molecule has 0 unspecified atom stereocenters. The van der Waals surface area contributed by atoms with E-state index in [2.05, 4.69) is 5.32 Å². The van der Waals surface area contributed by atoms with Crippen molar-refractivity contribution in [2.45, 2.75) is 44.1 Å². The zero-order chi connectivity index (χ0) is 20.1. The third-order valence-electron chi connectivity index (χ3n) is 5.59. The molecule has 156 valence electrons. The van der Waals surface area contributed by atoms with Crippen molar-refractivity contribution in [2.24, 2.45) is 0 Å². The second kappa shape index (κ2) is 9.35. The summed E-state index contributed by atoms with van der Waals surface area (Å²) in [6, 6.07) is 5.20. The molecule has 0 aliphatic carbocycles. The van der Waals surface area contributed by atoms with E-state index in [0.717, 1.165) is 37.1 Å². The van der Waals surface area contributed by atoms with Gasteiger partial charge in [-0.05, 0) is 49.9 Å². The van der Waals surface area contributed by atoms with Crippen molar-refractivity contribution in [3.63, 3.8) is 0 Å². The van der Waals surface area contributed by atoms with Gasteiger partial charge in [0.05, 0.1) is 11.0 Å². The van der Waals surface area contributed by atoms with Crippen LogP contribution in [0, 0.1) is 13.8 Å².